The summed E-state index contributed by atoms with van der Waals surface area (Å²) in [6.45, 7) is 0. The van der Waals surface area contributed by atoms with Gasteiger partial charge in [-0.3, -0.25) is 0 Å². The van der Waals surface area contributed by atoms with E-state index in [0.717, 1.165) is 61.0 Å². The maximum Gasteiger partial charge on any atom is 0.153 e. The highest BCUT2D eigenvalue weighted by Crippen LogP contribution is 2.47. The van der Waals surface area contributed by atoms with Gasteiger partial charge in [0, 0.05) is 91.9 Å². The Morgan fingerprint density at radius 3 is 1.12 bits per heavy atom. The first-order valence-electron chi connectivity index (χ1n) is 28.4. The van der Waals surface area contributed by atoms with Gasteiger partial charge in [-0.05, 0) is 126 Å². The molecular weight excluding hydrogens is 1010 g/mol. The van der Waals surface area contributed by atoms with Crippen molar-refractivity contribution in [2.45, 2.75) is 0 Å². The van der Waals surface area contributed by atoms with Gasteiger partial charge >= 0.3 is 0 Å². The van der Waals surface area contributed by atoms with Crippen LogP contribution in [0, 0.1) is 0 Å². The maximum atomic E-state index is 6.71. The van der Waals surface area contributed by atoms with Crippen molar-refractivity contribution in [3.63, 3.8) is 0 Å². The van der Waals surface area contributed by atoms with E-state index < -0.39 is 0 Å². The number of para-hydroxylation sites is 8. The zero-order chi connectivity index (χ0) is 53.8. The predicted molar refractivity (Wildman–Crippen MR) is 346 cm³/mol. The standard InChI is InChI=1S/C47H25N3O.C30H17NO/c1-5-16-39-29(10-1)34-22-26(23-35-30-11-2-6-17-40(30)49(39)45(34)35)28-14-9-15-33-44-43(51-47(28)33)21-20-38(48-44)27-24-36-31-12-3-7-18-41(31)50-42-19-8-4-13-32(42)37(25-27)46(36)50;1-4-10-26-20(7-1)24-15-19(16-25-21-8-2-5-11-27(21)31(26)30(24)25)18-13-14-23-22-9-3-6-12-28(22)32-29(23)17-18/h1-25H;1-17H. The predicted octanol–water partition coefficient (Wildman–Crippen LogP) is 21.0. The van der Waals surface area contributed by atoms with Gasteiger partial charge in [0.05, 0.1) is 55.3 Å². The molecule has 0 spiro atoms. The second-order valence-electron chi connectivity index (χ2n) is 22.5. The molecule has 0 radical (unpaired) electrons. The van der Waals surface area contributed by atoms with Gasteiger partial charge in [0.25, 0.3) is 0 Å². The zero-order valence-corrected chi connectivity index (χ0v) is 44.4. The van der Waals surface area contributed by atoms with Crippen molar-refractivity contribution in [1.82, 2.24) is 18.2 Å². The summed E-state index contributed by atoms with van der Waals surface area (Å²) < 4.78 is 20.1. The number of furan rings is 2. The summed E-state index contributed by atoms with van der Waals surface area (Å²) >= 11 is 0. The van der Waals surface area contributed by atoms with E-state index in [0.29, 0.717) is 0 Å². The molecular formula is C77H42N4O2. The van der Waals surface area contributed by atoms with Crippen LogP contribution in [0.1, 0.15) is 0 Å². The van der Waals surface area contributed by atoms with Crippen molar-refractivity contribution in [3.05, 3.63) is 255 Å². The molecule has 12 aromatic carbocycles. The lowest BCUT2D eigenvalue weighted by molar-refractivity contribution is 0.669. The number of pyridine rings is 1. The van der Waals surface area contributed by atoms with Crippen LogP contribution < -0.4 is 0 Å². The lowest BCUT2D eigenvalue weighted by Gasteiger charge is -2.05. The first kappa shape index (κ1) is 43.6. The fourth-order valence-corrected chi connectivity index (χ4v) is 14.8. The first-order valence-corrected chi connectivity index (χ1v) is 28.4. The lowest BCUT2D eigenvalue weighted by atomic mass is 9.98. The number of benzene rings is 12. The zero-order valence-electron chi connectivity index (χ0n) is 44.4. The minimum atomic E-state index is 0.793. The van der Waals surface area contributed by atoms with Crippen LogP contribution in [-0.2, 0) is 0 Å². The van der Waals surface area contributed by atoms with Crippen molar-refractivity contribution in [1.29, 1.82) is 0 Å². The molecule has 0 unspecified atom stereocenters. The molecule has 0 saturated carbocycles. The molecule has 21 aromatic rings. The van der Waals surface area contributed by atoms with Crippen molar-refractivity contribution >= 4 is 158 Å². The molecule has 0 aliphatic rings. The second kappa shape index (κ2) is 15.8. The van der Waals surface area contributed by atoms with E-state index in [2.05, 4.69) is 256 Å². The summed E-state index contributed by atoms with van der Waals surface area (Å²) in [4.78, 5) is 5.34. The minimum absolute atomic E-state index is 0.793. The van der Waals surface area contributed by atoms with Gasteiger partial charge in [-0.15, -0.1) is 0 Å². The minimum Gasteiger partial charge on any atom is -0.456 e. The number of hydrogen-bond acceptors (Lipinski definition) is 3. The van der Waals surface area contributed by atoms with E-state index in [1.807, 2.05) is 12.1 Å². The summed E-state index contributed by atoms with van der Waals surface area (Å²) in [5.41, 5.74) is 22.4. The van der Waals surface area contributed by atoms with Crippen molar-refractivity contribution in [3.8, 4) is 33.5 Å². The third kappa shape index (κ3) is 5.73. The Morgan fingerprint density at radius 2 is 0.639 bits per heavy atom. The highest BCUT2D eigenvalue weighted by molar-refractivity contribution is 6.28. The van der Waals surface area contributed by atoms with E-state index in [-0.39, 0.29) is 0 Å². The summed E-state index contributed by atoms with van der Waals surface area (Å²) in [6.07, 6.45) is 0. The normalized spacial score (nSPS) is 12.6. The molecule has 9 heterocycles. The topological polar surface area (TPSA) is 52.4 Å². The molecule has 0 aliphatic heterocycles. The van der Waals surface area contributed by atoms with Crippen LogP contribution in [-0.4, -0.2) is 18.2 Å². The van der Waals surface area contributed by atoms with Gasteiger partial charge in [-0.2, -0.15) is 0 Å². The molecule has 0 saturated heterocycles. The summed E-state index contributed by atoms with van der Waals surface area (Å²) in [7, 11) is 0. The van der Waals surface area contributed by atoms with E-state index in [4.69, 9.17) is 13.8 Å². The highest BCUT2D eigenvalue weighted by Gasteiger charge is 2.24. The van der Waals surface area contributed by atoms with Gasteiger partial charge in [0.15, 0.2) is 5.58 Å². The Hall–Kier alpha value is -11.2. The quantitative estimate of drug-likeness (QED) is 0.177. The Bertz CT molecular complexity index is 6070. The summed E-state index contributed by atoms with van der Waals surface area (Å²) in [6, 6.07) is 91.9. The number of nitrogens with zero attached hydrogens (tertiary/aromatic N) is 4. The molecule has 83 heavy (non-hydrogen) atoms. The van der Waals surface area contributed by atoms with Crippen LogP contribution in [0.2, 0.25) is 0 Å². The van der Waals surface area contributed by atoms with Crippen molar-refractivity contribution < 1.29 is 8.83 Å². The Morgan fingerprint density at radius 1 is 0.241 bits per heavy atom. The third-order valence-electron chi connectivity index (χ3n) is 18.3. The summed E-state index contributed by atoms with van der Waals surface area (Å²) in [5, 5.41) is 18.6. The molecule has 0 aliphatic carbocycles. The molecule has 6 nitrogen and oxygen atoms in total. The van der Waals surface area contributed by atoms with Crippen LogP contribution in [0.4, 0.5) is 0 Å². The van der Waals surface area contributed by atoms with Crippen LogP contribution in [0.3, 0.4) is 0 Å². The largest absolute Gasteiger partial charge is 0.456 e. The average molecular weight is 1060 g/mol. The average Bonchev–Trinajstić information content (AvgIpc) is 4.49. The van der Waals surface area contributed by atoms with Gasteiger partial charge in [-0.1, -0.05) is 146 Å². The number of fused-ring (bicyclic) bond motifs is 24. The van der Waals surface area contributed by atoms with Gasteiger partial charge in [-0.25, -0.2) is 4.98 Å². The third-order valence-corrected chi connectivity index (χ3v) is 18.3. The van der Waals surface area contributed by atoms with Crippen LogP contribution >= 0.6 is 0 Å². The van der Waals surface area contributed by atoms with Crippen LogP contribution in [0.15, 0.2) is 264 Å². The van der Waals surface area contributed by atoms with Crippen LogP contribution in [0.25, 0.3) is 192 Å². The number of rotatable bonds is 3. The second-order valence-corrected chi connectivity index (χ2v) is 22.5. The van der Waals surface area contributed by atoms with Gasteiger partial charge < -0.3 is 22.0 Å². The Balaban J connectivity index is 0.000000133. The molecule has 0 N–H and O–H groups in total. The molecule has 9 aromatic heterocycles. The fraction of sp³-hybridized carbons (Fsp3) is 0. The van der Waals surface area contributed by atoms with Gasteiger partial charge in [0.1, 0.15) is 22.3 Å². The molecule has 21 rings (SSSR count). The van der Waals surface area contributed by atoms with Crippen molar-refractivity contribution in [2.24, 2.45) is 0 Å². The molecule has 0 amide bonds. The van der Waals surface area contributed by atoms with Crippen molar-refractivity contribution in [2.75, 3.05) is 0 Å². The van der Waals surface area contributed by atoms with E-state index in [9.17, 15) is 0 Å². The number of aromatic nitrogens is 4. The monoisotopic (exact) mass is 1050 g/mol. The van der Waals surface area contributed by atoms with Gasteiger partial charge in [0.2, 0.25) is 0 Å². The fourth-order valence-electron chi connectivity index (χ4n) is 14.8. The SMILES string of the molecule is c1cc(-c2cc3c4ccccc4n4c5ccccc5c(c2)c34)c2oc3ccc(-c4cc5c6ccccc6n6c7ccccc7c(c4)c56)nc3c2c1.c1ccc2c(c1)oc1cc(-c3cc4c5ccccc5n5c6ccccc6c(c3)c45)ccc12. The maximum absolute atomic E-state index is 6.71. The molecule has 0 bridgehead atoms. The Kier molecular flexibility index (Phi) is 8.30. The van der Waals surface area contributed by atoms with E-state index in [1.54, 1.807) is 0 Å². The van der Waals surface area contributed by atoms with E-state index >= 15 is 0 Å². The Labute approximate surface area is 471 Å². The van der Waals surface area contributed by atoms with Crippen LogP contribution in [0.5, 0.6) is 0 Å². The molecule has 382 valence electrons. The first-order chi connectivity index (χ1) is 41.2. The molecule has 0 fully saturated rings. The number of hydrogen-bond donors (Lipinski definition) is 0. The smallest absolute Gasteiger partial charge is 0.153 e. The molecule has 6 heteroatoms. The summed E-state index contributed by atoms with van der Waals surface area (Å²) in [5.74, 6) is 0. The lowest BCUT2D eigenvalue weighted by Crippen LogP contribution is -1.85. The molecule has 0 atom stereocenters. The highest BCUT2D eigenvalue weighted by atomic mass is 16.3. The van der Waals surface area contributed by atoms with E-state index in [1.165, 1.54) is 131 Å².